The molecule has 1 atom stereocenters. The van der Waals surface area contributed by atoms with Gasteiger partial charge in [-0.05, 0) is 38.1 Å². The smallest absolute Gasteiger partial charge is 0.323 e. The summed E-state index contributed by atoms with van der Waals surface area (Å²) in [7, 11) is 1.67. The van der Waals surface area contributed by atoms with Gasteiger partial charge in [-0.25, -0.2) is 4.79 Å². The van der Waals surface area contributed by atoms with Gasteiger partial charge in [0.15, 0.2) is 12.3 Å². The van der Waals surface area contributed by atoms with E-state index in [2.05, 4.69) is 10.4 Å². The first kappa shape index (κ1) is 19.5. The summed E-state index contributed by atoms with van der Waals surface area (Å²) in [6.07, 6.45) is 1.46. The first-order chi connectivity index (χ1) is 14.3. The summed E-state index contributed by atoms with van der Waals surface area (Å²) < 4.78 is 1.31. The highest BCUT2D eigenvalue weighted by atomic mass is 16.2. The SMILES string of the molecule is Cc1ccc(NC(=O)C[N+]2=C3C=NN(C)C3C(=O)N(c3ccc(C)cc3)C2=O)cc1. The molecule has 2 aliphatic heterocycles. The molecule has 0 aromatic heterocycles. The number of anilines is 2. The Hall–Kier alpha value is -3.81. The number of nitrogens with zero attached hydrogens (tertiary/aromatic N) is 4. The van der Waals surface area contributed by atoms with E-state index in [0.29, 0.717) is 17.1 Å². The zero-order valence-corrected chi connectivity index (χ0v) is 17.0. The van der Waals surface area contributed by atoms with Gasteiger partial charge in [0.1, 0.15) is 5.69 Å². The van der Waals surface area contributed by atoms with Crippen LogP contribution in [0.1, 0.15) is 11.1 Å². The lowest BCUT2D eigenvalue weighted by atomic mass is 10.1. The van der Waals surface area contributed by atoms with Crippen LogP contribution in [0.4, 0.5) is 16.2 Å². The van der Waals surface area contributed by atoms with Gasteiger partial charge in [0.05, 0.1) is 6.21 Å². The van der Waals surface area contributed by atoms with Crippen molar-refractivity contribution in [1.29, 1.82) is 0 Å². The molecule has 4 rings (SSSR count). The van der Waals surface area contributed by atoms with Crippen molar-refractivity contribution in [2.75, 3.05) is 23.8 Å². The average molecular weight is 404 g/mol. The largest absolute Gasteiger partial charge is 0.506 e. The van der Waals surface area contributed by atoms with Gasteiger partial charge in [0.25, 0.3) is 5.91 Å². The normalized spacial score (nSPS) is 18.2. The monoisotopic (exact) mass is 404 g/mol. The third kappa shape index (κ3) is 3.47. The Kier molecular flexibility index (Phi) is 4.91. The topological polar surface area (TPSA) is 85.1 Å². The Bertz CT molecular complexity index is 1090. The van der Waals surface area contributed by atoms with Gasteiger partial charge in [0.2, 0.25) is 6.04 Å². The molecule has 0 radical (unpaired) electrons. The molecule has 0 saturated carbocycles. The van der Waals surface area contributed by atoms with E-state index in [4.69, 9.17) is 0 Å². The molecule has 8 heteroatoms. The number of hydrogen-bond acceptors (Lipinski definition) is 5. The summed E-state index contributed by atoms with van der Waals surface area (Å²) >= 11 is 0. The van der Waals surface area contributed by atoms with E-state index in [9.17, 15) is 14.4 Å². The number of carbonyl (C=O) groups excluding carboxylic acids is 3. The molecule has 1 unspecified atom stereocenters. The lowest BCUT2D eigenvalue weighted by Crippen LogP contribution is -2.60. The Labute approximate surface area is 174 Å². The van der Waals surface area contributed by atoms with Crippen molar-refractivity contribution in [3.05, 3.63) is 59.7 Å². The minimum atomic E-state index is -0.754. The van der Waals surface area contributed by atoms with Crippen LogP contribution in [0.2, 0.25) is 0 Å². The van der Waals surface area contributed by atoms with Gasteiger partial charge in [-0.3, -0.25) is 9.80 Å². The number of hydrazone groups is 1. The summed E-state index contributed by atoms with van der Waals surface area (Å²) in [5.41, 5.74) is 3.59. The Morgan fingerprint density at radius 1 is 1.03 bits per heavy atom. The van der Waals surface area contributed by atoms with E-state index < -0.39 is 18.0 Å². The van der Waals surface area contributed by atoms with Gasteiger partial charge in [-0.15, -0.1) is 4.90 Å². The number of imide groups is 1. The van der Waals surface area contributed by atoms with Crippen molar-refractivity contribution in [1.82, 2.24) is 5.01 Å². The fourth-order valence-corrected chi connectivity index (χ4v) is 3.50. The van der Waals surface area contributed by atoms with E-state index in [1.165, 1.54) is 15.8 Å². The molecule has 30 heavy (non-hydrogen) atoms. The number of carbonyl (C=O) groups is 3. The number of aryl methyl sites for hydroxylation is 2. The van der Waals surface area contributed by atoms with Gasteiger partial charge < -0.3 is 5.32 Å². The van der Waals surface area contributed by atoms with Crippen LogP contribution in [0.25, 0.3) is 0 Å². The number of rotatable bonds is 4. The Morgan fingerprint density at radius 3 is 2.27 bits per heavy atom. The van der Waals surface area contributed by atoms with Crippen LogP contribution in [0, 0.1) is 13.8 Å². The summed E-state index contributed by atoms with van der Waals surface area (Å²) in [5, 5.41) is 8.45. The second-order valence-electron chi connectivity index (χ2n) is 7.44. The summed E-state index contributed by atoms with van der Waals surface area (Å²) in [4.78, 5) is 40.1. The highest BCUT2D eigenvalue weighted by Gasteiger charge is 2.52. The van der Waals surface area contributed by atoms with Gasteiger partial charge >= 0.3 is 11.9 Å². The van der Waals surface area contributed by atoms with E-state index in [-0.39, 0.29) is 12.5 Å². The number of urea groups is 1. The maximum Gasteiger partial charge on any atom is 0.506 e. The van der Waals surface area contributed by atoms with Crippen LogP contribution >= 0.6 is 0 Å². The maximum absolute atomic E-state index is 13.3. The van der Waals surface area contributed by atoms with Crippen LogP contribution < -0.4 is 10.2 Å². The predicted octanol–water partition coefficient (Wildman–Crippen LogP) is 2.16. The van der Waals surface area contributed by atoms with Crippen LogP contribution in [-0.4, -0.2) is 59.0 Å². The maximum atomic E-state index is 13.3. The minimum absolute atomic E-state index is 0.228. The molecule has 152 valence electrons. The molecule has 2 aliphatic rings. The van der Waals surface area contributed by atoms with Gasteiger partial charge in [-0.2, -0.15) is 14.5 Å². The molecule has 0 fully saturated rings. The lowest BCUT2D eigenvalue weighted by Gasteiger charge is -2.26. The van der Waals surface area contributed by atoms with E-state index in [1.807, 2.05) is 38.1 Å². The van der Waals surface area contributed by atoms with Crippen LogP contribution in [0.5, 0.6) is 0 Å². The molecule has 0 spiro atoms. The molecule has 0 bridgehead atoms. The van der Waals surface area contributed by atoms with Gasteiger partial charge in [0, 0.05) is 12.7 Å². The second kappa shape index (κ2) is 7.55. The quantitative estimate of drug-likeness (QED) is 0.792. The van der Waals surface area contributed by atoms with Crippen molar-refractivity contribution in [2.45, 2.75) is 19.9 Å². The van der Waals surface area contributed by atoms with Crippen LogP contribution in [0.3, 0.4) is 0 Å². The first-order valence-electron chi connectivity index (χ1n) is 9.57. The van der Waals surface area contributed by atoms with Crippen molar-refractivity contribution in [2.24, 2.45) is 5.10 Å². The Morgan fingerprint density at radius 2 is 1.63 bits per heavy atom. The zero-order chi connectivity index (χ0) is 21.4. The number of likely N-dealkylation sites (N-methyl/N-ethyl adjacent to an activating group) is 1. The predicted molar refractivity (Wildman–Crippen MR) is 114 cm³/mol. The molecule has 0 aliphatic carbocycles. The number of amides is 4. The standard InChI is InChI=1S/C22H21N5O3/c1-14-4-8-16(9-5-14)24-19(28)13-26-18-12-23-25(3)20(18)21(29)27(22(26)30)17-10-6-15(2)7-11-17/h4-12,20H,13H2,1-3H3/p+1. The number of benzene rings is 2. The molecule has 8 nitrogen and oxygen atoms in total. The fraction of sp³-hybridized carbons (Fsp3) is 0.227. The van der Waals surface area contributed by atoms with Crippen molar-refractivity contribution < 1.29 is 19.0 Å². The average Bonchev–Trinajstić information content (AvgIpc) is 3.10. The third-order valence-electron chi connectivity index (χ3n) is 5.14. The number of nitrogens with one attached hydrogen (secondary N) is 1. The Balaban J connectivity index is 1.65. The highest BCUT2D eigenvalue weighted by molar-refractivity contribution is 6.42. The van der Waals surface area contributed by atoms with E-state index in [1.54, 1.807) is 31.3 Å². The van der Waals surface area contributed by atoms with Crippen molar-refractivity contribution in [3.63, 3.8) is 0 Å². The zero-order valence-electron chi connectivity index (χ0n) is 17.0. The highest BCUT2D eigenvalue weighted by Crippen LogP contribution is 2.24. The van der Waals surface area contributed by atoms with E-state index in [0.717, 1.165) is 16.0 Å². The second-order valence-corrected chi connectivity index (χ2v) is 7.44. The molecular formula is C22H22N5O3+. The minimum Gasteiger partial charge on any atom is -0.323 e. The summed E-state index contributed by atoms with van der Waals surface area (Å²) in [6.45, 7) is 3.66. The van der Waals surface area contributed by atoms with E-state index >= 15 is 0 Å². The van der Waals surface area contributed by atoms with Crippen molar-refractivity contribution in [3.8, 4) is 0 Å². The first-order valence-corrected chi connectivity index (χ1v) is 9.57. The number of fused-ring (bicyclic) bond motifs is 1. The summed E-state index contributed by atoms with van der Waals surface area (Å²) in [6, 6.07) is 13.2. The molecule has 1 N–H and O–H groups in total. The lowest BCUT2D eigenvalue weighted by molar-refractivity contribution is -0.414. The molecule has 0 saturated heterocycles. The van der Waals surface area contributed by atoms with Crippen LogP contribution in [0.15, 0.2) is 53.6 Å². The number of hydrogen-bond donors (Lipinski definition) is 1. The van der Waals surface area contributed by atoms with Crippen molar-refractivity contribution >= 4 is 41.1 Å². The molecular weight excluding hydrogens is 382 g/mol. The third-order valence-corrected chi connectivity index (χ3v) is 5.14. The molecule has 2 heterocycles. The van der Waals surface area contributed by atoms with Gasteiger partial charge in [-0.1, -0.05) is 35.4 Å². The fourth-order valence-electron chi connectivity index (χ4n) is 3.50. The summed E-state index contributed by atoms with van der Waals surface area (Å²) in [5.74, 6) is -0.756. The molecule has 4 amide bonds. The molecule has 2 aromatic rings. The molecule has 2 aromatic carbocycles. The van der Waals surface area contributed by atoms with Crippen LogP contribution in [-0.2, 0) is 9.59 Å².